The van der Waals surface area contributed by atoms with E-state index in [9.17, 15) is 14.4 Å². The maximum absolute atomic E-state index is 12.9. The smallest absolute Gasteiger partial charge is 0.310 e. The summed E-state index contributed by atoms with van der Waals surface area (Å²) in [5.74, 6) is -0.848. The van der Waals surface area contributed by atoms with Crippen LogP contribution in [0.15, 0.2) is 30.3 Å². The molecule has 0 spiro atoms. The molecule has 2 aliphatic heterocycles. The molecule has 3 unspecified atom stereocenters. The van der Waals surface area contributed by atoms with Gasteiger partial charge in [0.25, 0.3) is 0 Å². The Hall–Kier alpha value is -2.37. The third kappa shape index (κ3) is 3.74. The minimum atomic E-state index is -0.329. The highest BCUT2D eigenvalue weighted by Gasteiger charge is 2.40. The van der Waals surface area contributed by atoms with Crippen molar-refractivity contribution in [1.82, 2.24) is 9.80 Å². The Labute approximate surface area is 154 Å². The Morgan fingerprint density at radius 1 is 1.15 bits per heavy atom. The molecule has 2 saturated heterocycles. The minimum Gasteiger partial charge on any atom is -0.469 e. The summed E-state index contributed by atoms with van der Waals surface area (Å²) in [5.41, 5.74) is 1.07. The SMILES string of the molecule is COC(=O)C1CCCN(C(=O)C2CC(=O)N(C(C)c3ccccc3)C2)C1. The molecule has 2 fully saturated rings. The van der Waals surface area contributed by atoms with Gasteiger partial charge in [-0.15, -0.1) is 0 Å². The van der Waals surface area contributed by atoms with Gasteiger partial charge in [0.15, 0.2) is 0 Å². The van der Waals surface area contributed by atoms with E-state index >= 15 is 0 Å². The zero-order valence-electron chi connectivity index (χ0n) is 15.4. The van der Waals surface area contributed by atoms with Crippen LogP contribution in [0, 0.1) is 11.8 Å². The highest BCUT2D eigenvalue weighted by Crippen LogP contribution is 2.30. The van der Waals surface area contributed by atoms with Crippen molar-refractivity contribution in [3.05, 3.63) is 35.9 Å². The fourth-order valence-electron chi connectivity index (χ4n) is 3.98. The highest BCUT2D eigenvalue weighted by molar-refractivity contribution is 5.89. The first kappa shape index (κ1) is 18.4. The number of hydrogen-bond acceptors (Lipinski definition) is 4. The number of likely N-dealkylation sites (tertiary alicyclic amines) is 2. The Balaban J connectivity index is 1.64. The van der Waals surface area contributed by atoms with Crippen LogP contribution in [-0.2, 0) is 19.1 Å². The number of benzene rings is 1. The summed E-state index contributed by atoms with van der Waals surface area (Å²) in [6.45, 7) is 3.47. The molecule has 0 saturated carbocycles. The quantitative estimate of drug-likeness (QED) is 0.772. The number of ether oxygens (including phenoxy) is 1. The van der Waals surface area contributed by atoms with Crippen molar-refractivity contribution < 1.29 is 19.1 Å². The number of hydrogen-bond donors (Lipinski definition) is 0. The largest absolute Gasteiger partial charge is 0.469 e. The third-order valence-corrected chi connectivity index (χ3v) is 5.52. The van der Waals surface area contributed by atoms with Crippen LogP contribution in [0.4, 0.5) is 0 Å². The van der Waals surface area contributed by atoms with Gasteiger partial charge < -0.3 is 14.5 Å². The first-order valence-corrected chi connectivity index (χ1v) is 9.22. The van der Waals surface area contributed by atoms with Crippen molar-refractivity contribution >= 4 is 17.8 Å². The van der Waals surface area contributed by atoms with Crippen LogP contribution >= 0.6 is 0 Å². The van der Waals surface area contributed by atoms with Gasteiger partial charge in [-0.05, 0) is 25.3 Å². The summed E-state index contributed by atoms with van der Waals surface area (Å²) >= 11 is 0. The van der Waals surface area contributed by atoms with Gasteiger partial charge in [0.2, 0.25) is 11.8 Å². The topological polar surface area (TPSA) is 66.9 Å². The molecule has 1 aromatic carbocycles. The maximum Gasteiger partial charge on any atom is 0.310 e. The van der Waals surface area contributed by atoms with E-state index in [4.69, 9.17) is 4.74 Å². The Kier molecular flexibility index (Phi) is 5.59. The van der Waals surface area contributed by atoms with Crippen molar-refractivity contribution in [2.75, 3.05) is 26.7 Å². The highest BCUT2D eigenvalue weighted by atomic mass is 16.5. The van der Waals surface area contributed by atoms with E-state index in [1.807, 2.05) is 37.3 Å². The number of nitrogens with zero attached hydrogens (tertiary/aromatic N) is 2. The second-order valence-corrected chi connectivity index (χ2v) is 7.18. The first-order valence-electron chi connectivity index (χ1n) is 9.22. The molecule has 140 valence electrons. The van der Waals surface area contributed by atoms with Gasteiger partial charge in [-0.3, -0.25) is 14.4 Å². The lowest BCUT2D eigenvalue weighted by atomic mass is 9.96. The standard InChI is InChI=1S/C20H26N2O4/c1-14(15-7-4-3-5-8-15)22-13-17(11-18(22)23)19(24)21-10-6-9-16(12-21)20(25)26-2/h3-5,7-8,14,16-17H,6,9-13H2,1-2H3. The number of carbonyl (C=O) groups is 3. The predicted octanol–water partition coefficient (Wildman–Crippen LogP) is 2.01. The summed E-state index contributed by atoms with van der Waals surface area (Å²) in [6.07, 6.45) is 1.78. The summed E-state index contributed by atoms with van der Waals surface area (Å²) < 4.78 is 4.82. The molecular weight excluding hydrogens is 332 g/mol. The fraction of sp³-hybridized carbons (Fsp3) is 0.550. The van der Waals surface area contributed by atoms with Gasteiger partial charge in [-0.1, -0.05) is 30.3 Å². The molecule has 6 heteroatoms. The van der Waals surface area contributed by atoms with Crippen LogP contribution in [0.2, 0.25) is 0 Å². The average molecular weight is 358 g/mol. The van der Waals surface area contributed by atoms with E-state index in [-0.39, 0.29) is 42.1 Å². The average Bonchev–Trinajstić information content (AvgIpc) is 3.08. The van der Waals surface area contributed by atoms with Gasteiger partial charge in [-0.2, -0.15) is 0 Å². The molecule has 26 heavy (non-hydrogen) atoms. The molecule has 0 radical (unpaired) electrons. The lowest BCUT2D eigenvalue weighted by Gasteiger charge is -2.33. The molecule has 3 atom stereocenters. The Morgan fingerprint density at radius 2 is 1.88 bits per heavy atom. The van der Waals surface area contributed by atoms with E-state index in [2.05, 4.69) is 0 Å². The number of methoxy groups -OCH3 is 1. The molecule has 1 aromatic rings. The molecule has 0 aliphatic carbocycles. The molecule has 0 N–H and O–H groups in total. The monoisotopic (exact) mass is 358 g/mol. The van der Waals surface area contributed by atoms with E-state index in [0.29, 0.717) is 19.6 Å². The predicted molar refractivity (Wildman–Crippen MR) is 96.0 cm³/mol. The first-order chi connectivity index (χ1) is 12.5. The van der Waals surface area contributed by atoms with Crippen molar-refractivity contribution in [3.63, 3.8) is 0 Å². The van der Waals surface area contributed by atoms with Crippen molar-refractivity contribution in [3.8, 4) is 0 Å². The number of piperidine rings is 1. The molecule has 0 aromatic heterocycles. The van der Waals surface area contributed by atoms with Crippen LogP contribution in [0.3, 0.4) is 0 Å². The lowest BCUT2D eigenvalue weighted by molar-refractivity contribution is -0.149. The maximum atomic E-state index is 12.9. The fourth-order valence-corrected chi connectivity index (χ4v) is 3.98. The number of esters is 1. The van der Waals surface area contributed by atoms with Crippen LogP contribution in [0.1, 0.15) is 37.8 Å². The molecule has 2 heterocycles. The van der Waals surface area contributed by atoms with E-state index in [0.717, 1.165) is 18.4 Å². The van der Waals surface area contributed by atoms with Crippen LogP contribution in [-0.4, -0.2) is 54.3 Å². The molecule has 3 rings (SSSR count). The van der Waals surface area contributed by atoms with Gasteiger partial charge >= 0.3 is 5.97 Å². The zero-order chi connectivity index (χ0) is 18.7. The van der Waals surface area contributed by atoms with Crippen molar-refractivity contribution in [1.29, 1.82) is 0 Å². The summed E-state index contributed by atoms with van der Waals surface area (Å²) in [6, 6.07) is 9.80. The van der Waals surface area contributed by atoms with E-state index in [1.54, 1.807) is 9.80 Å². The number of amides is 2. The zero-order valence-corrected chi connectivity index (χ0v) is 15.4. The van der Waals surface area contributed by atoms with Gasteiger partial charge in [0, 0.05) is 26.1 Å². The number of carbonyl (C=O) groups excluding carboxylic acids is 3. The molecular formula is C20H26N2O4. The third-order valence-electron chi connectivity index (χ3n) is 5.52. The van der Waals surface area contributed by atoms with E-state index < -0.39 is 0 Å². The van der Waals surface area contributed by atoms with Gasteiger partial charge in [0.1, 0.15) is 0 Å². The minimum absolute atomic E-state index is 0.0150. The summed E-state index contributed by atoms with van der Waals surface area (Å²) in [4.78, 5) is 40.7. The van der Waals surface area contributed by atoms with Crippen LogP contribution < -0.4 is 0 Å². The summed E-state index contributed by atoms with van der Waals surface area (Å²) in [5, 5.41) is 0. The molecule has 6 nitrogen and oxygen atoms in total. The van der Waals surface area contributed by atoms with E-state index in [1.165, 1.54) is 7.11 Å². The Morgan fingerprint density at radius 3 is 2.58 bits per heavy atom. The summed E-state index contributed by atoms with van der Waals surface area (Å²) in [7, 11) is 1.38. The van der Waals surface area contributed by atoms with Gasteiger partial charge in [-0.25, -0.2) is 0 Å². The lowest BCUT2D eigenvalue weighted by Crippen LogP contribution is -2.45. The molecule has 2 aliphatic rings. The van der Waals surface area contributed by atoms with Crippen LogP contribution in [0.5, 0.6) is 0 Å². The Bertz CT molecular complexity index is 676. The normalized spacial score (nSPS) is 24.5. The molecule has 2 amide bonds. The second kappa shape index (κ2) is 7.89. The van der Waals surface area contributed by atoms with Gasteiger partial charge in [0.05, 0.1) is 25.0 Å². The number of rotatable bonds is 4. The van der Waals surface area contributed by atoms with Crippen molar-refractivity contribution in [2.24, 2.45) is 11.8 Å². The molecule has 0 bridgehead atoms. The van der Waals surface area contributed by atoms with Crippen LogP contribution in [0.25, 0.3) is 0 Å². The van der Waals surface area contributed by atoms with Crippen molar-refractivity contribution in [2.45, 2.75) is 32.2 Å². The second-order valence-electron chi connectivity index (χ2n) is 7.18.